The minimum Gasteiger partial charge on any atom is -0.326 e. The first-order valence-corrected chi connectivity index (χ1v) is 7.49. The minimum atomic E-state index is 0.143. The lowest BCUT2D eigenvalue weighted by molar-refractivity contribution is 0.0338. The second-order valence-electron chi connectivity index (χ2n) is 6.59. The number of likely N-dealkylation sites (tertiary alicyclic amines) is 1. The summed E-state index contributed by atoms with van der Waals surface area (Å²) in [4.78, 5) is 2.55. The summed E-state index contributed by atoms with van der Waals surface area (Å²) >= 11 is 0. The molecule has 2 unspecified atom stereocenters. The summed E-state index contributed by atoms with van der Waals surface area (Å²) in [5.74, 6) is 0. The van der Waals surface area contributed by atoms with E-state index in [4.69, 9.17) is 5.73 Å². The average Bonchev–Trinajstić information content (AvgIpc) is 2.76. The van der Waals surface area contributed by atoms with Crippen molar-refractivity contribution in [2.75, 3.05) is 6.54 Å². The van der Waals surface area contributed by atoms with Crippen molar-refractivity contribution >= 4 is 0 Å². The van der Waals surface area contributed by atoms with Gasteiger partial charge >= 0.3 is 0 Å². The lowest BCUT2D eigenvalue weighted by atomic mass is 9.89. The Bertz CT molecular complexity index is 405. The molecular weight excluding hydrogens is 236 g/mol. The smallest absolute Gasteiger partial charge is 0.0674 e. The van der Waals surface area contributed by atoms with Gasteiger partial charge in [-0.05, 0) is 52.6 Å². The molecule has 1 aliphatic heterocycles. The Balaban J connectivity index is 2.33. The summed E-state index contributed by atoms with van der Waals surface area (Å²) in [5, 5.41) is 4.47. The van der Waals surface area contributed by atoms with Crippen molar-refractivity contribution in [3.05, 3.63) is 18.0 Å². The van der Waals surface area contributed by atoms with Crippen LogP contribution in [0.5, 0.6) is 0 Å². The Morgan fingerprint density at radius 2 is 2.16 bits per heavy atom. The number of nitrogens with zero attached hydrogens (tertiary/aromatic N) is 3. The van der Waals surface area contributed by atoms with Crippen molar-refractivity contribution in [3.8, 4) is 0 Å². The number of rotatable bonds is 3. The molecule has 2 N–H and O–H groups in total. The number of nitrogens with two attached hydrogens (primary N) is 1. The first-order valence-electron chi connectivity index (χ1n) is 7.49. The monoisotopic (exact) mass is 264 g/mol. The third-order valence-corrected chi connectivity index (χ3v) is 4.03. The SMILES string of the molecule is CCCn1nccc1C1C(N)CCCN1C(C)(C)C. The zero-order valence-corrected chi connectivity index (χ0v) is 12.8. The fourth-order valence-electron chi connectivity index (χ4n) is 3.15. The molecule has 4 heteroatoms. The Kier molecular flexibility index (Phi) is 4.31. The van der Waals surface area contributed by atoms with Crippen LogP contribution in [0.1, 0.15) is 58.7 Å². The van der Waals surface area contributed by atoms with Crippen molar-refractivity contribution in [2.24, 2.45) is 5.73 Å². The van der Waals surface area contributed by atoms with Gasteiger partial charge in [0, 0.05) is 24.3 Å². The highest BCUT2D eigenvalue weighted by atomic mass is 15.3. The van der Waals surface area contributed by atoms with Gasteiger partial charge in [0.1, 0.15) is 0 Å². The van der Waals surface area contributed by atoms with Crippen LogP contribution in [-0.2, 0) is 6.54 Å². The van der Waals surface area contributed by atoms with E-state index >= 15 is 0 Å². The van der Waals surface area contributed by atoms with Crippen molar-refractivity contribution in [3.63, 3.8) is 0 Å². The predicted octanol–water partition coefficient (Wildman–Crippen LogP) is 2.56. The van der Waals surface area contributed by atoms with E-state index in [1.165, 1.54) is 12.1 Å². The molecule has 0 spiro atoms. The van der Waals surface area contributed by atoms with Gasteiger partial charge in [0.25, 0.3) is 0 Å². The second-order valence-corrected chi connectivity index (χ2v) is 6.59. The number of aryl methyl sites for hydroxylation is 1. The molecule has 0 aromatic carbocycles. The van der Waals surface area contributed by atoms with Crippen LogP contribution in [0.2, 0.25) is 0 Å². The summed E-state index contributed by atoms with van der Waals surface area (Å²) in [6, 6.07) is 2.65. The highest BCUT2D eigenvalue weighted by Gasteiger charge is 2.37. The average molecular weight is 264 g/mol. The van der Waals surface area contributed by atoms with Crippen LogP contribution in [0.4, 0.5) is 0 Å². The zero-order chi connectivity index (χ0) is 14.0. The molecule has 1 fully saturated rings. The van der Waals surface area contributed by atoms with E-state index in [1.54, 1.807) is 0 Å². The highest BCUT2D eigenvalue weighted by Crippen LogP contribution is 2.35. The molecule has 2 heterocycles. The molecule has 1 aliphatic rings. The van der Waals surface area contributed by atoms with E-state index in [1.807, 2.05) is 6.20 Å². The van der Waals surface area contributed by atoms with Crippen LogP contribution in [-0.4, -0.2) is 32.8 Å². The van der Waals surface area contributed by atoms with Gasteiger partial charge < -0.3 is 5.73 Å². The molecule has 0 aliphatic carbocycles. The zero-order valence-electron chi connectivity index (χ0n) is 12.8. The van der Waals surface area contributed by atoms with E-state index < -0.39 is 0 Å². The van der Waals surface area contributed by atoms with E-state index in [2.05, 4.69) is 48.4 Å². The number of piperidine rings is 1. The van der Waals surface area contributed by atoms with Crippen LogP contribution in [0.25, 0.3) is 0 Å². The van der Waals surface area contributed by atoms with Gasteiger partial charge in [0.2, 0.25) is 0 Å². The molecule has 0 radical (unpaired) electrons. The Hall–Kier alpha value is -0.870. The number of aromatic nitrogens is 2. The van der Waals surface area contributed by atoms with E-state index in [9.17, 15) is 0 Å². The molecule has 108 valence electrons. The molecule has 1 aromatic rings. The highest BCUT2D eigenvalue weighted by molar-refractivity contribution is 5.13. The Labute approximate surface area is 117 Å². The number of hydrogen-bond acceptors (Lipinski definition) is 3. The van der Waals surface area contributed by atoms with Crippen LogP contribution < -0.4 is 5.73 Å². The molecule has 1 aromatic heterocycles. The van der Waals surface area contributed by atoms with Gasteiger partial charge in [-0.2, -0.15) is 5.10 Å². The fraction of sp³-hybridized carbons (Fsp3) is 0.800. The molecule has 0 bridgehead atoms. The molecular formula is C15H28N4. The maximum absolute atomic E-state index is 6.44. The minimum absolute atomic E-state index is 0.143. The Morgan fingerprint density at radius 3 is 2.79 bits per heavy atom. The van der Waals surface area contributed by atoms with Crippen LogP contribution >= 0.6 is 0 Å². The molecule has 0 saturated carbocycles. The summed E-state index contributed by atoms with van der Waals surface area (Å²) < 4.78 is 2.13. The third kappa shape index (κ3) is 3.00. The maximum Gasteiger partial charge on any atom is 0.0674 e. The predicted molar refractivity (Wildman–Crippen MR) is 78.9 cm³/mol. The van der Waals surface area contributed by atoms with Gasteiger partial charge in [-0.15, -0.1) is 0 Å². The van der Waals surface area contributed by atoms with Crippen LogP contribution in [0, 0.1) is 0 Å². The lowest BCUT2D eigenvalue weighted by Crippen LogP contribution is -2.54. The topological polar surface area (TPSA) is 47.1 Å². The maximum atomic E-state index is 6.44. The largest absolute Gasteiger partial charge is 0.326 e. The van der Waals surface area contributed by atoms with Gasteiger partial charge in [-0.25, -0.2) is 0 Å². The van der Waals surface area contributed by atoms with Gasteiger partial charge in [0.15, 0.2) is 0 Å². The molecule has 0 amide bonds. The standard InChI is InChI=1S/C15H28N4/c1-5-10-19-13(8-9-17-19)14-12(16)7-6-11-18(14)15(2,3)4/h8-9,12,14H,5-7,10-11,16H2,1-4H3. The van der Waals surface area contributed by atoms with Crippen molar-refractivity contribution in [1.82, 2.24) is 14.7 Å². The van der Waals surface area contributed by atoms with E-state index in [-0.39, 0.29) is 11.6 Å². The molecule has 1 saturated heterocycles. The second kappa shape index (κ2) is 5.63. The first-order chi connectivity index (χ1) is 8.95. The quantitative estimate of drug-likeness (QED) is 0.912. The third-order valence-electron chi connectivity index (χ3n) is 4.03. The molecule has 19 heavy (non-hydrogen) atoms. The fourth-order valence-corrected chi connectivity index (χ4v) is 3.15. The molecule has 2 atom stereocenters. The van der Waals surface area contributed by atoms with Crippen molar-refractivity contribution in [1.29, 1.82) is 0 Å². The van der Waals surface area contributed by atoms with Crippen LogP contribution in [0.15, 0.2) is 12.3 Å². The van der Waals surface area contributed by atoms with Gasteiger partial charge in [0.05, 0.1) is 11.7 Å². The lowest BCUT2D eigenvalue weighted by Gasteiger charge is -2.47. The summed E-state index contributed by atoms with van der Waals surface area (Å²) in [6.45, 7) is 11.1. The van der Waals surface area contributed by atoms with Gasteiger partial charge in [-0.3, -0.25) is 9.58 Å². The first kappa shape index (κ1) is 14.5. The summed E-state index contributed by atoms with van der Waals surface area (Å²) in [5.41, 5.74) is 7.86. The van der Waals surface area contributed by atoms with E-state index in [0.717, 1.165) is 25.9 Å². The van der Waals surface area contributed by atoms with Crippen molar-refractivity contribution in [2.45, 2.75) is 71.1 Å². The summed E-state index contributed by atoms with van der Waals surface area (Å²) in [6.07, 6.45) is 5.31. The van der Waals surface area contributed by atoms with E-state index in [0.29, 0.717) is 6.04 Å². The Morgan fingerprint density at radius 1 is 1.42 bits per heavy atom. The van der Waals surface area contributed by atoms with Crippen LogP contribution in [0.3, 0.4) is 0 Å². The molecule has 2 rings (SSSR count). The number of hydrogen-bond donors (Lipinski definition) is 1. The van der Waals surface area contributed by atoms with Crippen molar-refractivity contribution < 1.29 is 0 Å². The molecule has 4 nitrogen and oxygen atoms in total. The van der Waals surface area contributed by atoms with Gasteiger partial charge in [-0.1, -0.05) is 6.92 Å². The normalized spacial score (nSPS) is 25.7. The summed E-state index contributed by atoms with van der Waals surface area (Å²) in [7, 11) is 0.